The van der Waals surface area contributed by atoms with Crippen molar-refractivity contribution in [3.8, 4) is 6.07 Å². The van der Waals surface area contributed by atoms with Crippen LogP contribution in [0.15, 0.2) is 0 Å². The van der Waals surface area contributed by atoms with E-state index in [0.29, 0.717) is 30.7 Å². The molecule has 1 N–H and O–H groups in total. The minimum Gasteiger partial charge on any atom is -0.454 e. The van der Waals surface area contributed by atoms with Gasteiger partial charge in [0, 0.05) is 6.54 Å². The first-order valence-electron chi connectivity index (χ1n) is 11.9. The molecule has 2 amide bonds. The Morgan fingerprint density at radius 1 is 1.16 bits per heavy atom. The van der Waals surface area contributed by atoms with E-state index in [-0.39, 0.29) is 17.2 Å². The van der Waals surface area contributed by atoms with Crippen LogP contribution < -0.4 is 5.32 Å². The highest BCUT2D eigenvalue weighted by atomic mass is 16.5. The molecular weight excluding hydrogens is 394 g/mol. The molecule has 5 fully saturated rings. The molecule has 0 aromatic rings. The molecule has 0 aromatic carbocycles. The van der Waals surface area contributed by atoms with Gasteiger partial charge in [0.2, 0.25) is 5.91 Å². The monoisotopic (exact) mass is 429 g/mol. The van der Waals surface area contributed by atoms with Crippen LogP contribution in [0.2, 0.25) is 0 Å². The van der Waals surface area contributed by atoms with Gasteiger partial charge in [-0.05, 0) is 82.0 Å². The van der Waals surface area contributed by atoms with Gasteiger partial charge in [-0.3, -0.25) is 9.59 Å². The summed E-state index contributed by atoms with van der Waals surface area (Å²) >= 11 is 0. The van der Waals surface area contributed by atoms with Crippen molar-refractivity contribution < 1.29 is 19.1 Å². The quantitative estimate of drug-likeness (QED) is 0.655. The molecule has 0 radical (unpaired) electrons. The summed E-state index contributed by atoms with van der Waals surface area (Å²) in [5.74, 6) is 1.07. The summed E-state index contributed by atoms with van der Waals surface area (Å²) < 4.78 is 5.30. The van der Waals surface area contributed by atoms with E-state index < -0.39 is 30.1 Å². The standard InChI is InChI=1S/C24H35N3O4/c1-15(2)23(3,14-25)26-20(28)13-31-21(29)19-5-4-6-27(19)22(30)24-10-16-7-17(11-24)9-18(8-16)12-24/h15-19H,4-13H2,1-3H3,(H,26,28)/t16?,17?,18?,19-,23+,24?/m0/s1. The number of esters is 1. The predicted octanol–water partition coefficient (Wildman–Crippen LogP) is 2.79. The highest BCUT2D eigenvalue weighted by Crippen LogP contribution is 2.60. The number of carbonyl (C=O) groups excluding carboxylic acids is 3. The highest BCUT2D eigenvalue weighted by Gasteiger charge is 2.57. The Labute approximate surface area is 184 Å². The molecule has 0 aromatic heterocycles. The third-order valence-electron chi connectivity index (χ3n) is 8.41. The van der Waals surface area contributed by atoms with Crippen LogP contribution in [0.3, 0.4) is 0 Å². The second kappa shape index (κ2) is 8.11. The summed E-state index contributed by atoms with van der Waals surface area (Å²) in [4.78, 5) is 40.5. The summed E-state index contributed by atoms with van der Waals surface area (Å²) in [7, 11) is 0. The van der Waals surface area contributed by atoms with Gasteiger partial charge in [0.1, 0.15) is 11.6 Å². The molecule has 31 heavy (non-hydrogen) atoms. The van der Waals surface area contributed by atoms with Crippen molar-refractivity contribution in [1.82, 2.24) is 10.2 Å². The lowest BCUT2D eigenvalue weighted by Gasteiger charge is -2.56. The van der Waals surface area contributed by atoms with Crippen molar-refractivity contribution in [3.63, 3.8) is 0 Å². The SMILES string of the molecule is CC(C)[C@@](C)(C#N)NC(=O)COC(=O)[C@@H]1CCCN1C(=O)C12CC3CC(CC(C3)C1)C2. The molecule has 0 unspecified atom stereocenters. The zero-order valence-electron chi connectivity index (χ0n) is 19.0. The van der Waals surface area contributed by atoms with Crippen molar-refractivity contribution >= 4 is 17.8 Å². The van der Waals surface area contributed by atoms with Gasteiger partial charge < -0.3 is 15.0 Å². The van der Waals surface area contributed by atoms with Gasteiger partial charge in [0.15, 0.2) is 6.61 Å². The first-order chi connectivity index (χ1) is 14.7. The molecule has 2 atom stereocenters. The number of hydrogen-bond donors (Lipinski definition) is 1. The van der Waals surface area contributed by atoms with E-state index in [1.54, 1.807) is 11.8 Å². The largest absolute Gasteiger partial charge is 0.454 e. The molecule has 7 nitrogen and oxygen atoms in total. The van der Waals surface area contributed by atoms with Crippen molar-refractivity contribution in [3.05, 3.63) is 0 Å². The number of rotatable bonds is 6. The Kier molecular flexibility index (Phi) is 5.78. The van der Waals surface area contributed by atoms with Gasteiger partial charge in [-0.1, -0.05) is 13.8 Å². The molecule has 5 aliphatic rings. The van der Waals surface area contributed by atoms with Crippen LogP contribution in [0.5, 0.6) is 0 Å². The number of ether oxygens (including phenoxy) is 1. The Bertz CT molecular complexity index is 766. The van der Waals surface area contributed by atoms with E-state index in [0.717, 1.165) is 25.7 Å². The van der Waals surface area contributed by atoms with Crippen LogP contribution >= 0.6 is 0 Å². The fourth-order valence-corrected chi connectivity index (χ4v) is 6.79. The van der Waals surface area contributed by atoms with Crippen LogP contribution in [-0.4, -0.2) is 47.4 Å². The maximum absolute atomic E-state index is 13.7. The molecule has 1 aliphatic heterocycles. The molecule has 170 valence electrons. The number of nitriles is 1. The van der Waals surface area contributed by atoms with E-state index in [1.165, 1.54) is 19.3 Å². The molecule has 1 heterocycles. The van der Waals surface area contributed by atoms with Crippen LogP contribution in [0.4, 0.5) is 0 Å². The zero-order chi connectivity index (χ0) is 22.4. The van der Waals surface area contributed by atoms with Gasteiger partial charge in [0.05, 0.1) is 11.5 Å². The summed E-state index contributed by atoms with van der Waals surface area (Å²) in [6.45, 7) is 5.51. The number of amides is 2. The lowest BCUT2D eigenvalue weighted by molar-refractivity contribution is -0.166. The summed E-state index contributed by atoms with van der Waals surface area (Å²) in [5.41, 5.74) is -1.29. The third kappa shape index (κ3) is 4.06. The maximum Gasteiger partial charge on any atom is 0.329 e. The minimum atomic E-state index is -1.02. The number of nitrogens with one attached hydrogen (secondary N) is 1. The Morgan fingerprint density at radius 3 is 2.26 bits per heavy atom. The van der Waals surface area contributed by atoms with Crippen molar-refractivity contribution in [2.75, 3.05) is 13.2 Å². The summed E-state index contributed by atoms with van der Waals surface area (Å²) in [5, 5.41) is 12.0. The summed E-state index contributed by atoms with van der Waals surface area (Å²) in [6.07, 6.45) is 8.09. The molecule has 1 saturated heterocycles. The zero-order valence-corrected chi connectivity index (χ0v) is 19.0. The molecule has 4 aliphatic carbocycles. The smallest absolute Gasteiger partial charge is 0.329 e. The van der Waals surface area contributed by atoms with Gasteiger partial charge in [-0.2, -0.15) is 5.26 Å². The molecule has 7 heteroatoms. The second-order valence-electron chi connectivity index (χ2n) is 11.0. The molecule has 5 rings (SSSR count). The number of likely N-dealkylation sites (tertiary alicyclic amines) is 1. The van der Waals surface area contributed by atoms with E-state index in [4.69, 9.17) is 4.74 Å². The van der Waals surface area contributed by atoms with Crippen LogP contribution in [0.25, 0.3) is 0 Å². The van der Waals surface area contributed by atoms with Gasteiger partial charge in [-0.25, -0.2) is 4.79 Å². The number of nitrogens with zero attached hydrogens (tertiary/aromatic N) is 2. The number of hydrogen-bond acceptors (Lipinski definition) is 5. The van der Waals surface area contributed by atoms with Crippen LogP contribution in [-0.2, 0) is 19.1 Å². The van der Waals surface area contributed by atoms with E-state index in [1.807, 2.05) is 13.8 Å². The van der Waals surface area contributed by atoms with Gasteiger partial charge in [-0.15, -0.1) is 0 Å². The summed E-state index contributed by atoms with van der Waals surface area (Å²) in [6, 6.07) is 1.51. The Balaban J connectivity index is 1.36. The topological polar surface area (TPSA) is 99.5 Å². The molecule has 4 saturated carbocycles. The molecular formula is C24H35N3O4. The fourth-order valence-electron chi connectivity index (χ4n) is 6.79. The third-order valence-corrected chi connectivity index (χ3v) is 8.41. The van der Waals surface area contributed by atoms with Crippen LogP contribution in [0.1, 0.15) is 72.1 Å². The van der Waals surface area contributed by atoms with Crippen molar-refractivity contribution in [2.24, 2.45) is 29.1 Å². The highest BCUT2D eigenvalue weighted by molar-refractivity contribution is 5.90. The van der Waals surface area contributed by atoms with Gasteiger partial charge in [0.25, 0.3) is 5.91 Å². The van der Waals surface area contributed by atoms with E-state index >= 15 is 0 Å². The predicted molar refractivity (Wildman–Crippen MR) is 113 cm³/mol. The molecule has 0 spiro atoms. The Morgan fingerprint density at radius 2 is 1.74 bits per heavy atom. The Hall–Kier alpha value is -2.10. The lowest BCUT2D eigenvalue weighted by Crippen LogP contribution is -2.56. The van der Waals surface area contributed by atoms with E-state index in [2.05, 4.69) is 11.4 Å². The molecule has 4 bridgehead atoms. The van der Waals surface area contributed by atoms with E-state index in [9.17, 15) is 19.6 Å². The average molecular weight is 430 g/mol. The van der Waals surface area contributed by atoms with Crippen molar-refractivity contribution in [1.29, 1.82) is 5.26 Å². The van der Waals surface area contributed by atoms with Crippen molar-refractivity contribution in [2.45, 2.75) is 83.7 Å². The number of carbonyl (C=O) groups is 3. The maximum atomic E-state index is 13.7. The lowest BCUT2D eigenvalue weighted by atomic mass is 9.49. The van der Waals surface area contributed by atoms with Crippen LogP contribution in [0, 0.1) is 40.4 Å². The first kappa shape index (κ1) is 22.1. The average Bonchev–Trinajstić information content (AvgIpc) is 3.20. The first-order valence-corrected chi connectivity index (χ1v) is 11.9. The minimum absolute atomic E-state index is 0.0830. The fraction of sp³-hybridized carbons (Fsp3) is 0.833. The second-order valence-corrected chi connectivity index (χ2v) is 11.0. The van der Waals surface area contributed by atoms with Gasteiger partial charge >= 0.3 is 5.97 Å². The normalized spacial score (nSPS) is 35.5.